The lowest BCUT2D eigenvalue weighted by molar-refractivity contribution is -0.155. The van der Waals surface area contributed by atoms with E-state index in [4.69, 9.17) is 0 Å². The van der Waals surface area contributed by atoms with E-state index in [-0.39, 0.29) is 22.6 Å². The number of nitrogens with zero attached hydrogens (tertiary/aromatic N) is 1. The topological polar surface area (TPSA) is 66.5 Å². The molecule has 5 nitrogen and oxygen atoms in total. The Morgan fingerprint density at radius 3 is 2.34 bits per heavy atom. The van der Waals surface area contributed by atoms with Gasteiger partial charge < -0.3 is 5.32 Å². The first-order valence-corrected chi connectivity index (χ1v) is 11.2. The number of carbonyl (C=O) groups excluding carboxylic acids is 1. The number of amides is 1. The van der Waals surface area contributed by atoms with Crippen molar-refractivity contribution in [3.05, 3.63) is 95.6 Å². The van der Waals surface area contributed by atoms with Gasteiger partial charge in [-0.3, -0.25) is 9.10 Å². The van der Waals surface area contributed by atoms with Crippen molar-refractivity contribution in [2.24, 2.45) is 0 Å². The van der Waals surface area contributed by atoms with Crippen LogP contribution in [0.4, 0.5) is 18.9 Å². The van der Waals surface area contributed by atoms with E-state index in [0.29, 0.717) is 12.1 Å². The summed E-state index contributed by atoms with van der Waals surface area (Å²) in [5, 5.41) is 1.98. The molecule has 0 radical (unpaired) electrons. The summed E-state index contributed by atoms with van der Waals surface area (Å²) in [6, 6.07) is 16.9. The second-order valence-corrected chi connectivity index (χ2v) is 9.20. The van der Waals surface area contributed by atoms with Crippen LogP contribution in [-0.4, -0.2) is 27.0 Å². The summed E-state index contributed by atoms with van der Waals surface area (Å²) in [5.41, 5.74) is 1.15. The Kier molecular flexibility index (Phi) is 5.68. The van der Waals surface area contributed by atoms with Crippen LogP contribution < -0.4 is 9.62 Å². The van der Waals surface area contributed by atoms with Crippen molar-refractivity contribution < 1.29 is 26.4 Å². The van der Waals surface area contributed by atoms with Crippen LogP contribution in [0.15, 0.2) is 83.8 Å². The Balaban J connectivity index is 1.62. The van der Waals surface area contributed by atoms with Gasteiger partial charge in [-0.1, -0.05) is 54.6 Å². The van der Waals surface area contributed by atoms with Crippen molar-refractivity contribution in [2.45, 2.75) is 23.5 Å². The summed E-state index contributed by atoms with van der Waals surface area (Å²) < 4.78 is 68.4. The van der Waals surface area contributed by atoms with E-state index in [1.165, 1.54) is 46.8 Å². The highest BCUT2D eigenvalue weighted by Crippen LogP contribution is 2.34. The minimum absolute atomic E-state index is 0.120. The highest BCUT2D eigenvalue weighted by Gasteiger charge is 2.42. The van der Waals surface area contributed by atoms with Crippen LogP contribution in [0.2, 0.25) is 0 Å². The number of nitrogens with one attached hydrogen (secondary N) is 1. The SMILES string of the molecule is O=C(NC(c1ccccc1)C(F)(F)F)c1cccc(S(=O)(=O)N2CCc3ccccc32)c1. The first kappa shape index (κ1) is 21.9. The molecule has 1 aliphatic rings. The van der Waals surface area contributed by atoms with Crippen molar-refractivity contribution in [2.75, 3.05) is 10.8 Å². The molecule has 4 rings (SSSR count). The number of para-hydroxylation sites is 1. The maximum Gasteiger partial charge on any atom is 0.412 e. The fourth-order valence-corrected chi connectivity index (χ4v) is 5.25. The largest absolute Gasteiger partial charge is 0.412 e. The average Bonchev–Trinajstić information content (AvgIpc) is 3.22. The Morgan fingerprint density at radius 1 is 0.938 bits per heavy atom. The number of benzene rings is 3. The molecule has 0 saturated carbocycles. The number of alkyl halides is 3. The molecule has 0 bridgehead atoms. The Bertz CT molecular complexity index is 1240. The molecule has 3 aromatic carbocycles. The van der Waals surface area contributed by atoms with Gasteiger partial charge >= 0.3 is 6.18 Å². The third-order valence-corrected chi connectivity index (χ3v) is 7.07. The van der Waals surface area contributed by atoms with Crippen LogP contribution in [-0.2, 0) is 16.4 Å². The van der Waals surface area contributed by atoms with Crippen LogP contribution in [0.1, 0.15) is 27.5 Å². The Labute approximate surface area is 183 Å². The summed E-state index contributed by atoms with van der Waals surface area (Å²) in [4.78, 5) is 12.5. The predicted molar refractivity (Wildman–Crippen MR) is 114 cm³/mol. The lowest BCUT2D eigenvalue weighted by Crippen LogP contribution is -2.38. The molecule has 0 fully saturated rings. The third-order valence-electron chi connectivity index (χ3n) is 5.26. The van der Waals surface area contributed by atoms with E-state index in [0.717, 1.165) is 11.6 Å². The van der Waals surface area contributed by atoms with Gasteiger partial charge in [0.1, 0.15) is 0 Å². The van der Waals surface area contributed by atoms with E-state index in [9.17, 15) is 26.4 Å². The molecule has 1 amide bonds. The number of halogens is 3. The van der Waals surface area contributed by atoms with Gasteiger partial charge in [0.25, 0.3) is 15.9 Å². The fourth-order valence-electron chi connectivity index (χ4n) is 3.70. The van der Waals surface area contributed by atoms with Crippen LogP contribution in [0.3, 0.4) is 0 Å². The molecule has 1 heterocycles. The molecular weight excluding hydrogens is 441 g/mol. The van der Waals surface area contributed by atoms with Crippen LogP contribution >= 0.6 is 0 Å². The van der Waals surface area contributed by atoms with Gasteiger partial charge in [0, 0.05) is 12.1 Å². The minimum Gasteiger partial charge on any atom is -0.337 e. The van der Waals surface area contributed by atoms with Crippen LogP contribution in [0, 0.1) is 0 Å². The van der Waals surface area contributed by atoms with E-state index >= 15 is 0 Å². The standard InChI is InChI=1S/C23H19F3N2O3S/c24-23(25,26)21(17-8-2-1-3-9-17)27-22(29)18-10-6-11-19(15-18)32(30,31)28-14-13-16-7-4-5-12-20(16)28/h1-12,15,21H,13-14H2,(H,27,29). The molecule has 1 unspecified atom stereocenters. The van der Waals surface area contributed by atoms with Crippen molar-refractivity contribution in [3.63, 3.8) is 0 Å². The first-order chi connectivity index (χ1) is 15.2. The summed E-state index contributed by atoms with van der Waals surface area (Å²) in [6.07, 6.45) is -4.17. The number of rotatable bonds is 5. The minimum atomic E-state index is -4.72. The summed E-state index contributed by atoms with van der Waals surface area (Å²) in [6.45, 7) is 0.252. The molecule has 32 heavy (non-hydrogen) atoms. The fraction of sp³-hybridized carbons (Fsp3) is 0.174. The zero-order valence-corrected chi connectivity index (χ0v) is 17.5. The maximum atomic E-state index is 13.6. The highest BCUT2D eigenvalue weighted by atomic mass is 32.2. The summed E-state index contributed by atoms with van der Waals surface area (Å²) in [7, 11) is -3.99. The number of hydrogen-bond donors (Lipinski definition) is 1. The van der Waals surface area contributed by atoms with Crippen molar-refractivity contribution >= 4 is 21.6 Å². The predicted octanol–water partition coefficient (Wildman–Crippen LogP) is 4.47. The second-order valence-electron chi connectivity index (χ2n) is 7.34. The van der Waals surface area contributed by atoms with Gasteiger partial charge in [-0.25, -0.2) is 8.42 Å². The third kappa shape index (κ3) is 4.20. The number of hydrogen-bond acceptors (Lipinski definition) is 3. The number of sulfonamides is 1. The molecule has 3 aromatic rings. The molecule has 0 saturated heterocycles. The van der Waals surface area contributed by atoms with Gasteiger partial charge in [-0.2, -0.15) is 13.2 Å². The molecule has 0 aliphatic carbocycles. The molecule has 9 heteroatoms. The number of fused-ring (bicyclic) bond motifs is 1. The molecule has 1 atom stereocenters. The molecule has 166 valence electrons. The highest BCUT2D eigenvalue weighted by molar-refractivity contribution is 7.92. The van der Waals surface area contributed by atoms with E-state index in [1.807, 2.05) is 17.4 Å². The Hall–Kier alpha value is -3.33. The normalized spacial score (nSPS) is 14.7. The molecule has 0 aromatic heterocycles. The van der Waals surface area contributed by atoms with Gasteiger partial charge in [0.15, 0.2) is 6.04 Å². The van der Waals surface area contributed by atoms with Gasteiger partial charge in [-0.05, 0) is 41.8 Å². The lowest BCUT2D eigenvalue weighted by Gasteiger charge is -2.22. The van der Waals surface area contributed by atoms with Gasteiger partial charge in [-0.15, -0.1) is 0 Å². The van der Waals surface area contributed by atoms with Crippen molar-refractivity contribution in [1.82, 2.24) is 5.32 Å². The maximum absolute atomic E-state index is 13.6. The number of carbonyl (C=O) groups is 1. The molecular formula is C23H19F3N2O3S. The molecule has 0 spiro atoms. The molecule has 1 N–H and O–H groups in total. The lowest BCUT2D eigenvalue weighted by atomic mass is 10.1. The monoisotopic (exact) mass is 460 g/mol. The van der Waals surface area contributed by atoms with E-state index < -0.39 is 28.1 Å². The first-order valence-electron chi connectivity index (χ1n) is 9.81. The van der Waals surface area contributed by atoms with E-state index in [2.05, 4.69) is 0 Å². The van der Waals surface area contributed by atoms with Crippen LogP contribution in [0.25, 0.3) is 0 Å². The van der Waals surface area contributed by atoms with Crippen molar-refractivity contribution in [3.8, 4) is 0 Å². The second kappa shape index (κ2) is 8.31. The zero-order valence-electron chi connectivity index (χ0n) is 16.7. The van der Waals surface area contributed by atoms with E-state index in [1.54, 1.807) is 18.2 Å². The Morgan fingerprint density at radius 2 is 1.62 bits per heavy atom. The quantitative estimate of drug-likeness (QED) is 0.611. The summed E-state index contributed by atoms with van der Waals surface area (Å²) in [5.74, 6) is -1.02. The van der Waals surface area contributed by atoms with Crippen molar-refractivity contribution in [1.29, 1.82) is 0 Å². The zero-order chi connectivity index (χ0) is 22.9. The average molecular weight is 460 g/mol. The van der Waals surface area contributed by atoms with Gasteiger partial charge in [0.2, 0.25) is 0 Å². The number of anilines is 1. The van der Waals surface area contributed by atoms with Gasteiger partial charge in [0.05, 0.1) is 10.6 Å². The smallest absolute Gasteiger partial charge is 0.337 e. The molecule has 1 aliphatic heterocycles. The van der Waals surface area contributed by atoms with Crippen LogP contribution in [0.5, 0.6) is 0 Å². The summed E-state index contributed by atoms with van der Waals surface area (Å²) >= 11 is 0.